The van der Waals surface area contributed by atoms with Crippen LogP contribution in [0.1, 0.15) is 18.9 Å². The normalized spacial score (nSPS) is 17.6. The van der Waals surface area contributed by atoms with Crippen LogP contribution in [-0.4, -0.2) is 37.6 Å². The molecule has 0 N–H and O–H groups in total. The van der Waals surface area contributed by atoms with E-state index in [2.05, 4.69) is 11.8 Å². The summed E-state index contributed by atoms with van der Waals surface area (Å²) < 4.78 is 38.4. The Kier molecular flexibility index (Phi) is 4.81. The third-order valence-corrected chi connectivity index (χ3v) is 3.71. The van der Waals surface area contributed by atoms with Crippen LogP contribution in [0.3, 0.4) is 0 Å². The Balaban J connectivity index is 2.12. The van der Waals surface area contributed by atoms with E-state index in [0.29, 0.717) is 5.69 Å². The van der Waals surface area contributed by atoms with E-state index in [4.69, 9.17) is 11.6 Å². The van der Waals surface area contributed by atoms with Gasteiger partial charge >= 0.3 is 6.18 Å². The van der Waals surface area contributed by atoms with Gasteiger partial charge in [0.1, 0.15) is 0 Å². The number of benzene rings is 1. The minimum absolute atomic E-state index is 0.130. The minimum atomic E-state index is -4.36. The summed E-state index contributed by atoms with van der Waals surface area (Å²) in [6.07, 6.45) is -3.26. The third-order valence-electron chi connectivity index (χ3n) is 3.49. The van der Waals surface area contributed by atoms with Gasteiger partial charge in [0.2, 0.25) is 0 Å². The van der Waals surface area contributed by atoms with Crippen molar-refractivity contribution in [3.8, 4) is 0 Å². The highest BCUT2D eigenvalue weighted by molar-refractivity contribution is 6.30. The van der Waals surface area contributed by atoms with Crippen LogP contribution in [0, 0.1) is 0 Å². The largest absolute Gasteiger partial charge is 0.416 e. The Bertz CT molecular complexity index is 454. The summed E-state index contributed by atoms with van der Waals surface area (Å²) >= 11 is 5.82. The molecule has 1 aromatic carbocycles. The fourth-order valence-corrected chi connectivity index (χ4v) is 2.70. The predicted molar refractivity (Wildman–Crippen MR) is 75.4 cm³/mol. The lowest BCUT2D eigenvalue weighted by Gasteiger charge is -2.36. The monoisotopic (exact) mass is 306 g/mol. The van der Waals surface area contributed by atoms with Crippen molar-refractivity contribution in [2.75, 3.05) is 37.6 Å². The molecule has 1 aromatic rings. The van der Waals surface area contributed by atoms with Crippen LogP contribution in [-0.2, 0) is 6.18 Å². The second-order valence-electron chi connectivity index (χ2n) is 5.02. The molecule has 0 bridgehead atoms. The maximum atomic E-state index is 12.8. The van der Waals surface area contributed by atoms with Gasteiger partial charge in [-0.2, -0.15) is 13.2 Å². The molecule has 0 unspecified atom stereocenters. The highest BCUT2D eigenvalue weighted by Crippen LogP contribution is 2.34. The van der Waals surface area contributed by atoms with E-state index in [1.807, 2.05) is 4.90 Å². The molecule has 2 nitrogen and oxygen atoms in total. The third kappa shape index (κ3) is 3.79. The summed E-state index contributed by atoms with van der Waals surface area (Å²) in [7, 11) is 0. The highest BCUT2D eigenvalue weighted by atomic mass is 35.5. The molecule has 0 atom stereocenters. The number of anilines is 1. The molecule has 1 saturated heterocycles. The van der Waals surface area contributed by atoms with Gasteiger partial charge in [0.05, 0.1) is 5.56 Å². The molecule has 0 aliphatic carbocycles. The van der Waals surface area contributed by atoms with Crippen LogP contribution in [0.4, 0.5) is 18.9 Å². The maximum absolute atomic E-state index is 12.8. The lowest BCUT2D eigenvalue weighted by Crippen LogP contribution is -2.46. The van der Waals surface area contributed by atoms with Crippen LogP contribution in [0.25, 0.3) is 0 Å². The average molecular weight is 307 g/mol. The standard InChI is InChI=1S/C14H18ClF3N2/c1-2-3-19-4-6-20(7-5-19)13-9-11(14(16,17)18)8-12(15)10-13/h8-10H,2-7H2,1H3. The molecule has 0 radical (unpaired) electrons. The summed E-state index contributed by atoms with van der Waals surface area (Å²) in [6.45, 7) is 6.38. The van der Waals surface area contributed by atoms with E-state index in [9.17, 15) is 13.2 Å². The fourth-order valence-electron chi connectivity index (χ4n) is 2.47. The van der Waals surface area contributed by atoms with Gasteiger partial charge in [-0.05, 0) is 31.2 Å². The van der Waals surface area contributed by atoms with Gasteiger partial charge < -0.3 is 4.90 Å². The van der Waals surface area contributed by atoms with E-state index < -0.39 is 11.7 Å². The van der Waals surface area contributed by atoms with Crippen LogP contribution < -0.4 is 4.90 Å². The smallest absolute Gasteiger partial charge is 0.369 e. The molecule has 2 rings (SSSR count). The SMILES string of the molecule is CCCN1CCN(c2cc(Cl)cc(C(F)(F)F)c2)CC1. The summed E-state index contributed by atoms with van der Waals surface area (Å²) in [5.74, 6) is 0. The summed E-state index contributed by atoms with van der Waals surface area (Å²) in [4.78, 5) is 4.29. The van der Waals surface area contributed by atoms with Crippen molar-refractivity contribution in [1.29, 1.82) is 0 Å². The average Bonchev–Trinajstić information content (AvgIpc) is 2.38. The second kappa shape index (κ2) is 6.22. The van der Waals surface area contributed by atoms with E-state index in [-0.39, 0.29) is 5.02 Å². The number of rotatable bonds is 3. The fraction of sp³-hybridized carbons (Fsp3) is 0.571. The molecule has 0 saturated carbocycles. The number of hydrogen-bond donors (Lipinski definition) is 0. The van der Waals surface area contributed by atoms with Crippen molar-refractivity contribution in [1.82, 2.24) is 4.90 Å². The first-order valence-corrected chi connectivity index (χ1v) is 7.13. The number of alkyl halides is 3. The number of nitrogens with zero attached hydrogens (tertiary/aromatic N) is 2. The Morgan fingerprint density at radius 1 is 1.10 bits per heavy atom. The topological polar surface area (TPSA) is 6.48 Å². The Morgan fingerprint density at radius 2 is 1.75 bits per heavy atom. The summed E-state index contributed by atoms with van der Waals surface area (Å²) in [6, 6.07) is 3.76. The quantitative estimate of drug-likeness (QED) is 0.836. The van der Waals surface area contributed by atoms with Gasteiger partial charge in [-0.25, -0.2) is 0 Å². The Morgan fingerprint density at radius 3 is 2.30 bits per heavy atom. The minimum Gasteiger partial charge on any atom is -0.369 e. The highest BCUT2D eigenvalue weighted by Gasteiger charge is 2.31. The van der Waals surface area contributed by atoms with Gasteiger partial charge in [-0.15, -0.1) is 0 Å². The summed E-state index contributed by atoms with van der Waals surface area (Å²) in [5.41, 5.74) is -0.128. The van der Waals surface area contributed by atoms with Crippen molar-refractivity contribution < 1.29 is 13.2 Å². The Labute approximate surface area is 122 Å². The molecule has 20 heavy (non-hydrogen) atoms. The van der Waals surface area contributed by atoms with Crippen LogP contribution >= 0.6 is 11.6 Å². The lowest BCUT2D eigenvalue weighted by atomic mass is 10.1. The summed E-state index contributed by atoms with van der Waals surface area (Å²) in [5, 5.41) is 0.130. The van der Waals surface area contributed by atoms with Gasteiger partial charge in [-0.1, -0.05) is 18.5 Å². The molecule has 6 heteroatoms. The van der Waals surface area contributed by atoms with Gasteiger partial charge in [0, 0.05) is 36.9 Å². The van der Waals surface area contributed by atoms with Crippen LogP contribution in [0.2, 0.25) is 5.02 Å². The van der Waals surface area contributed by atoms with Crippen LogP contribution in [0.5, 0.6) is 0 Å². The first kappa shape index (κ1) is 15.4. The zero-order valence-corrected chi connectivity index (χ0v) is 12.1. The molecule has 0 aromatic heterocycles. The van der Waals surface area contributed by atoms with E-state index in [1.165, 1.54) is 6.07 Å². The van der Waals surface area contributed by atoms with Crippen molar-refractivity contribution >= 4 is 17.3 Å². The maximum Gasteiger partial charge on any atom is 0.416 e. The number of hydrogen-bond acceptors (Lipinski definition) is 2. The number of halogens is 4. The first-order chi connectivity index (χ1) is 9.40. The number of piperazine rings is 1. The molecule has 0 spiro atoms. The van der Waals surface area contributed by atoms with E-state index in [0.717, 1.165) is 45.2 Å². The van der Waals surface area contributed by atoms with Gasteiger partial charge in [-0.3, -0.25) is 4.90 Å². The molecular weight excluding hydrogens is 289 g/mol. The first-order valence-electron chi connectivity index (χ1n) is 6.75. The zero-order chi connectivity index (χ0) is 14.8. The van der Waals surface area contributed by atoms with Crippen molar-refractivity contribution in [2.24, 2.45) is 0 Å². The van der Waals surface area contributed by atoms with E-state index in [1.54, 1.807) is 6.07 Å². The van der Waals surface area contributed by atoms with Crippen molar-refractivity contribution in [3.05, 3.63) is 28.8 Å². The zero-order valence-electron chi connectivity index (χ0n) is 11.4. The van der Waals surface area contributed by atoms with Crippen LogP contribution in [0.15, 0.2) is 18.2 Å². The molecule has 1 aliphatic rings. The van der Waals surface area contributed by atoms with Gasteiger partial charge in [0.25, 0.3) is 0 Å². The Hall–Kier alpha value is -0.940. The molecule has 0 amide bonds. The van der Waals surface area contributed by atoms with E-state index >= 15 is 0 Å². The lowest BCUT2D eigenvalue weighted by molar-refractivity contribution is -0.137. The van der Waals surface area contributed by atoms with Crippen molar-refractivity contribution in [3.63, 3.8) is 0 Å². The predicted octanol–water partition coefficient (Wildman–Crippen LogP) is 3.89. The molecule has 1 aliphatic heterocycles. The molecule has 112 valence electrons. The second-order valence-corrected chi connectivity index (χ2v) is 5.46. The molecule has 1 heterocycles. The molecule has 1 fully saturated rings. The van der Waals surface area contributed by atoms with Gasteiger partial charge in [0.15, 0.2) is 0 Å². The molecular formula is C14H18ClF3N2. The van der Waals surface area contributed by atoms with Crippen molar-refractivity contribution in [2.45, 2.75) is 19.5 Å².